The van der Waals surface area contributed by atoms with Gasteiger partial charge in [-0.05, 0) is 43.5 Å². The summed E-state index contributed by atoms with van der Waals surface area (Å²) in [6.45, 7) is 11.4. The molecule has 1 aromatic heterocycles. The zero-order valence-electron chi connectivity index (χ0n) is 14.1. The molecule has 0 aliphatic carbocycles. The van der Waals surface area contributed by atoms with Crippen LogP contribution in [-0.4, -0.2) is 13.1 Å². The number of hydrogen-bond acceptors (Lipinski definition) is 1. The monoisotopic (exact) mass is 305 g/mol. The van der Waals surface area contributed by atoms with Crippen LogP contribution in [0.5, 0.6) is 0 Å². The second kappa shape index (κ2) is 5.36. The van der Waals surface area contributed by atoms with Crippen LogP contribution in [0.15, 0.2) is 48.5 Å². The summed E-state index contributed by atoms with van der Waals surface area (Å²) in [6, 6.07) is 17.6. The third kappa shape index (κ3) is 2.84. The highest BCUT2D eigenvalue weighted by molar-refractivity contribution is 6.90. The van der Waals surface area contributed by atoms with Gasteiger partial charge in [-0.1, -0.05) is 60.2 Å². The first-order valence-electron chi connectivity index (χ1n) is 7.83. The highest BCUT2D eigenvalue weighted by atomic mass is 28.3. The van der Waals surface area contributed by atoms with E-state index in [4.69, 9.17) is 4.98 Å². The van der Waals surface area contributed by atoms with E-state index < -0.39 is 8.07 Å². The van der Waals surface area contributed by atoms with Gasteiger partial charge in [-0.2, -0.15) is 0 Å². The molecule has 22 heavy (non-hydrogen) atoms. The second-order valence-electron chi connectivity index (χ2n) is 7.20. The molecule has 0 saturated heterocycles. The van der Waals surface area contributed by atoms with Crippen molar-refractivity contribution in [1.29, 1.82) is 0 Å². The zero-order chi connectivity index (χ0) is 15.9. The maximum atomic E-state index is 4.92. The Morgan fingerprint density at radius 1 is 0.818 bits per heavy atom. The summed E-state index contributed by atoms with van der Waals surface area (Å²) in [7, 11) is -1.35. The number of nitrogens with zero attached hydrogens (tertiary/aromatic N) is 1. The van der Waals surface area contributed by atoms with Crippen LogP contribution in [0.1, 0.15) is 11.1 Å². The van der Waals surface area contributed by atoms with Gasteiger partial charge in [0.25, 0.3) is 0 Å². The summed E-state index contributed by atoms with van der Waals surface area (Å²) in [6.07, 6.45) is 0. The summed E-state index contributed by atoms with van der Waals surface area (Å²) in [5, 5.41) is 2.80. The minimum atomic E-state index is -1.35. The average molecular weight is 305 g/mol. The lowest BCUT2D eigenvalue weighted by atomic mass is 10.0. The third-order valence-electron chi connectivity index (χ3n) is 4.06. The number of aromatic nitrogens is 1. The first-order valence-corrected chi connectivity index (χ1v) is 11.3. The molecule has 2 aromatic carbocycles. The van der Waals surface area contributed by atoms with E-state index in [-0.39, 0.29) is 0 Å². The Morgan fingerprint density at radius 2 is 1.50 bits per heavy atom. The molecule has 0 N–H and O–H groups in total. The summed E-state index contributed by atoms with van der Waals surface area (Å²) in [5.41, 5.74) is 5.95. The van der Waals surface area contributed by atoms with E-state index in [1.165, 1.54) is 27.3 Å². The molecule has 1 nitrogen and oxygen atoms in total. The molecule has 0 fully saturated rings. The molecule has 0 spiro atoms. The van der Waals surface area contributed by atoms with Gasteiger partial charge in [0.2, 0.25) is 0 Å². The molecule has 0 aliphatic heterocycles. The quantitative estimate of drug-likeness (QED) is 0.603. The Labute approximate surface area is 134 Å². The molecule has 0 radical (unpaired) electrons. The Kier molecular flexibility index (Phi) is 3.65. The fraction of sp³-hybridized carbons (Fsp3) is 0.250. The van der Waals surface area contributed by atoms with Crippen LogP contribution in [0.25, 0.3) is 22.2 Å². The lowest BCUT2D eigenvalue weighted by Crippen LogP contribution is -2.38. The van der Waals surface area contributed by atoms with Crippen molar-refractivity contribution in [2.24, 2.45) is 0 Å². The minimum absolute atomic E-state index is 1.06. The second-order valence-corrected chi connectivity index (χ2v) is 12.2. The lowest BCUT2D eigenvalue weighted by molar-refractivity contribution is 1.34. The van der Waals surface area contributed by atoms with Gasteiger partial charge in [0.1, 0.15) is 0 Å². The summed E-state index contributed by atoms with van der Waals surface area (Å²) < 4.78 is 0. The highest BCUT2D eigenvalue weighted by Gasteiger charge is 2.19. The molecule has 0 amide bonds. The van der Waals surface area contributed by atoms with Crippen LogP contribution < -0.4 is 5.19 Å². The van der Waals surface area contributed by atoms with E-state index in [9.17, 15) is 0 Å². The fourth-order valence-corrected chi connectivity index (χ4v) is 4.71. The van der Waals surface area contributed by atoms with Crippen molar-refractivity contribution in [3.8, 4) is 11.3 Å². The van der Waals surface area contributed by atoms with Crippen LogP contribution >= 0.6 is 0 Å². The van der Waals surface area contributed by atoms with Crippen LogP contribution in [0.2, 0.25) is 19.6 Å². The van der Waals surface area contributed by atoms with Gasteiger partial charge in [0, 0.05) is 5.56 Å². The summed E-state index contributed by atoms with van der Waals surface area (Å²) >= 11 is 0. The predicted octanol–water partition coefficient (Wildman–Crippen LogP) is 5.06. The molecule has 3 aromatic rings. The first kappa shape index (κ1) is 15.0. The summed E-state index contributed by atoms with van der Waals surface area (Å²) in [5.74, 6) is 0. The van der Waals surface area contributed by atoms with Gasteiger partial charge in [-0.3, -0.25) is 0 Å². The maximum Gasteiger partial charge on any atom is 0.0784 e. The molecule has 2 heteroatoms. The van der Waals surface area contributed by atoms with Crippen molar-refractivity contribution in [1.82, 2.24) is 4.98 Å². The van der Waals surface area contributed by atoms with Crippen LogP contribution in [-0.2, 0) is 0 Å². The van der Waals surface area contributed by atoms with Crippen molar-refractivity contribution in [3.63, 3.8) is 0 Å². The van der Waals surface area contributed by atoms with E-state index in [0.29, 0.717) is 0 Å². The molecular weight excluding hydrogens is 282 g/mol. The molecular formula is C20H23NSi. The fourth-order valence-electron chi connectivity index (χ4n) is 3.09. The van der Waals surface area contributed by atoms with Gasteiger partial charge >= 0.3 is 0 Å². The topological polar surface area (TPSA) is 12.9 Å². The number of hydrogen-bond donors (Lipinski definition) is 0. The molecule has 0 saturated carbocycles. The smallest absolute Gasteiger partial charge is 0.0784 e. The Bertz CT molecular complexity index is 824. The van der Waals surface area contributed by atoms with Crippen molar-refractivity contribution in [3.05, 3.63) is 59.7 Å². The van der Waals surface area contributed by atoms with Crippen molar-refractivity contribution in [2.75, 3.05) is 0 Å². The first-order chi connectivity index (χ1) is 10.3. The van der Waals surface area contributed by atoms with E-state index in [1.807, 2.05) is 0 Å². The van der Waals surface area contributed by atoms with Gasteiger partial charge in [0.15, 0.2) is 0 Å². The largest absolute Gasteiger partial charge is 0.248 e. The van der Waals surface area contributed by atoms with E-state index in [0.717, 1.165) is 11.2 Å². The molecule has 1 heterocycles. The Morgan fingerprint density at radius 3 is 2.14 bits per heavy atom. The number of rotatable bonds is 2. The molecule has 3 rings (SSSR count). The normalized spacial score (nSPS) is 11.9. The van der Waals surface area contributed by atoms with E-state index in [1.54, 1.807) is 0 Å². The van der Waals surface area contributed by atoms with Gasteiger partial charge in [0.05, 0.1) is 19.3 Å². The number of pyridine rings is 1. The molecule has 0 bridgehead atoms. The zero-order valence-corrected chi connectivity index (χ0v) is 15.1. The Hall–Kier alpha value is -1.93. The minimum Gasteiger partial charge on any atom is -0.248 e. The van der Waals surface area contributed by atoms with Crippen LogP contribution in [0.3, 0.4) is 0 Å². The van der Waals surface area contributed by atoms with Crippen molar-refractivity contribution >= 4 is 24.2 Å². The lowest BCUT2D eigenvalue weighted by Gasteiger charge is -2.19. The van der Waals surface area contributed by atoms with Crippen LogP contribution in [0.4, 0.5) is 0 Å². The summed E-state index contributed by atoms with van der Waals surface area (Å²) in [4.78, 5) is 4.92. The number of fused-ring (bicyclic) bond motifs is 1. The number of aryl methyl sites for hydroxylation is 2. The van der Waals surface area contributed by atoms with Crippen LogP contribution in [0, 0.1) is 13.8 Å². The van der Waals surface area contributed by atoms with E-state index >= 15 is 0 Å². The molecule has 0 unspecified atom stereocenters. The van der Waals surface area contributed by atoms with Gasteiger partial charge < -0.3 is 0 Å². The predicted molar refractivity (Wildman–Crippen MR) is 99.6 cm³/mol. The van der Waals surface area contributed by atoms with Gasteiger partial charge in [-0.25, -0.2) is 4.98 Å². The Balaban J connectivity index is 2.19. The van der Waals surface area contributed by atoms with E-state index in [2.05, 4.69) is 82.0 Å². The molecule has 112 valence electrons. The SMILES string of the molecule is Cc1cc(C)cc(-c2ccc3c([Si](C)(C)C)cccc3n2)c1. The van der Waals surface area contributed by atoms with Crippen molar-refractivity contribution in [2.45, 2.75) is 33.5 Å². The standard InChI is InChI=1S/C20H23NSi/c1-14-11-15(2)13-16(12-14)18-10-9-17-19(21-18)7-6-8-20(17)22(3,4)5/h6-13H,1-5H3. The average Bonchev–Trinajstić information content (AvgIpc) is 2.44. The highest BCUT2D eigenvalue weighted by Crippen LogP contribution is 2.23. The molecule has 0 atom stereocenters. The van der Waals surface area contributed by atoms with Crippen molar-refractivity contribution < 1.29 is 0 Å². The molecule has 0 aliphatic rings. The number of benzene rings is 2. The third-order valence-corrected chi connectivity index (χ3v) is 6.11. The van der Waals surface area contributed by atoms with Gasteiger partial charge in [-0.15, -0.1) is 0 Å². The maximum absolute atomic E-state index is 4.92.